The van der Waals surface area contributed by atoms with E-state index in [0.29, 0.717) is 11.4 Å². The van der Waals surface area contributed by atoms with Gasteiger partial charge in [0.25, 0.3) is 5.91 Å². The van der Waals surface area contributed by atoms with Crippen LogP contribution in [0, 0.1) is 0 Å². The van der Waals surface area contributed by atoms with Gasteiger partial charge in [-0.3, -0.25) is 15.2 Å². The van der Waals surface area contributed by atoms with Crippen molar-refractivity contribution in [3.63, 3.8) is 0 Å². The van der Waals surface area contributed by atoms with Crippen LogP contribution in [-0.2, 0) is 4.79 Å². The first-order valence-corrected chi connectivity index (χ1v) is 7.72. The molecule has 3 rings (SSSR count). The van der Waals surface area contributed by atoms with Crippen molar-refractivity contribution in [2.24, 2.45) is 0 Å². The van der Waals surface area contributed by atoms with Gasteiger partial charge in [0.15, 0.2) is 5.82 Å². The quantitative estimate of drug-likeness (QED) is 0.661. The lowest BCUT2D eigenvalue weighted by Crippen LogP contribution is -2.16. The summed E-state index contributed by atoms with van der Waals surface area (Å²) in [5, 5.41) is 9.12. The van der Waals surface area contributed by atoms with Gasteiger partial charge < -0.3 is 4.74 Å². The molecule has 0 saturated heterocycles. The van der Waals surface area contributed by atoms with Crippen LogP contribution in [0.15, 0.2) is 60.7 Å². The average molecular weight is 374 g/mol. The highest BCUT2D eigenvalue weighted by molar-refractivity contribution is 6.00. The zero-order valence-corrected chi connectivity index (χ0v) is 13.7. The SMILES string of the molecule is O=C(/C=C/c1ccc(OC(F)(F)F)cc1)Nc1n[nH]c(-c2ccccc2)n1. The molecule has 2 aromatic carbocycles. The third-order valence-corrected chi connectivity index (χ3v) is 3.31. The number of aromatic amines is 1. The lowest BCUT2D eigenvalue weighted by molar-refractivity contribution is -0.274. The van der Waals surface area contributed by atoms with E-state index in [1.54, 1.807) is 0 Å². The Morgan fingerprint density at radius 2 is 1.78 bits per heavy atom. The number of H-pyrrole nitrogens is 1. The number of anilines is 1. The summed E-state index contributed by atoms with van der Waals surface area (Å²) in [6.45, 7) is 0. The molecule has 0 fully saturated rings. The first-order valence-electron chi connectivity index (χ1n) is 7.72. The number of alkyl halides is 3. The van der Waals surface area contributed by atoms with E-state index in [-0.39, 0.29) is 11.7 Å². The van der Waals surface area contributed by atoms with Crippen LogP contribution in [0.25, 0.3) is 17.5 Å². The zero-order chi connectivity index (χ0) is 19.3. The van der Waals surface area contributed by atoms with Crippen LogP contribution < -0.4 is 10.1 Å². The van der Waals surface area contributed by atoms with E-state index in [4.69, 9.17) is 0 Å². The second kappa shape index (κ2) is 7.73. The summed E-state index contributed by atoms with van der Waals surface area (Å²) in [5.41, 5.74) is 1.35. The lowest BCUT2D eigenvalue weighted by atomic mass is 10.2. The number of nitrogens with zero attached hydrogens (tertiary/aromatic N) is 2. The van der Waals surface area contributed by atoms with Gasteiger partial charge >= 0.3 is 6.36 Å². The summed E-state index contributed by atoms with van der Waals surface area (Å²) < 4.78 is 40.1. The number of aromatic nitrogens is 3. The topological polar surface area (TPSA) is 79.9 Å². The smallest absolute Gasteiger partial charge is 0.406 e. The Kier molecular flexibility index (Phi) is 5.20. The molecule has 1 heterocycles. The van der Waals surface area contributed by atoms with Crippen molar-refractivity contribution in [2.75, 3.05) is 5.32 Å². The number of hydrogen-bond acceptors (Lipinski definition) is 4. The first-order chi connectivity index (χ1) is 12.9. The largest absolute Gasteiger partial charge is 0.573 e. The van der Waals surface area contributed by atoms with Crippen molar-refractivity contribution >= 4 is 17.9 Å². The van der Waals surface area contributed by atoms with Crippen LogP contribution in [0.2, 0.25) is 0 Å². The molecule has 1 amide bonds. The number of benzene rings is 2. The average Bonchev–Trinajstić information content (AvgIpc) is 3.09. The molecule has 0 radical (unpaired) electrons. The monoisotopic (exact) mass is 374 g/mol. The molecule has 2 N–H and O–H groups in total. The van der Waals surface area contributed by atoms with Gasteiger partial charge in [-0.05, 0) is 23.8 Å². The van der Waals surface area contributed by atoms with Crippen LogP contribution in [0.1, 0.15) is 5.56 Å². The molecular formula is C18H13F3N4O2. The van der Waals surface area contributed by atoms with Gasteiger partial charge in [0, 0.05) is 11.6 Å². The Morgan fingerprint density at radius 1 is 1.07 bits per heavy atom. The van der Waals surface area contributed by atoms with Gasteiger partial charge in [-0.2, -0.15) is 4.98 Å². The zero-order valence-electron chi connectivity index (χ0n) is 13.7. The van der Waals surface area contributed by atoms with Crippen molar-refractivity contribution in [3.05, 3.63) is 66.2 Å². The molecule has 0 aliphatic heterocycles. The first kappa shape index (κ1) is 18.2. The molecule has 27 heavy (non-hydrogen) atoms. The number of amides is 1. The van der Waals surface area contributed by atoms with Crippen LogP contribution in [-0.4, -0.2) is 27.5 Å². The van der Waals surface area contributed by atoms with Crippen LogP contribution in [0.5, 0.6) is 5.75 Å². The van der Waals surface area contributed by atoms with Gasteiger partial charge in [0.2, 0.25) is 5.95 Å². The lowest BCUT2D eigenvalue weighted by Gasteiger charge is -2.08. The predicted octanol–water partition coefficient (Wildman–Crippen LogP) is 4.02. The van der Waals surface area contributed by atoms with Crippen molar-refractivity contribution in [1.29, 1.82) is 0 Å². The van der Waals surface area contributed by atoms with Crippen molar-refractivity contribution in [1.82, 2.24) is 15.2 Å². The highest BCUT2D eigenvalue weighted by atomic mass is 19.4. The van der Waals surface area contributed by atoms with Crippen LogP contribution >= 0.6 is 0 Å². The number of halogens is 3. The fourth-order valence-corrected chi connectivity index (χ4v) is 2.15. The molecule has 0 unspecified atom stereocenters. The molecule has 138 valence electrons. The van der Waals surface area contributed by atoms with Gasteiger partial charge in [-0.1, -0.05) is 42.5 Å². The fourth-order valence-electron chi connectivity index (χ4n) is 2.15. The van der Waals surface area contributed by atoms with Crippen LogP contribution in [0.4, 0.5) is 19.1 Å². The summed E-state index contributed by atoms with van der Waals surface area (Å²) in [5.74, 6) is -0.199. The van der Waals surface area contributed by atoms with Crippen molar-refractivity contribution in [2.45, 2.75) is 6.36 Å². The van der Waals surface area contributed by atoms with Gasteiger partial charge in [-0.25, -0.2) is 0 Å². The second-order valence-electron chi connectivity index (χ2n) is 5.31. The van der Waals surface area contributed by atoms with E-state index in [1.165, 1.54) is 24.3 Å². The number of hydrogen-bond donors (Lipinski definition) is 2. The van der Waals surface area contributed by atoms with E-state index < -0.39 is 12.3 Å². The Bertz CT molecular complexity index is 935. The Labute approximate surface area is 151 Å². The minimum absolute atomic E-state index is 0.109. The Morgan fingerprint density at radius 3 is 2.44 bits per heavy atom. The molecule has 6 nitrogen and oxygen atoms in total. The fraction of sp³-hybridized carbons (Fsp3) is 0.0556. The molecule has 0 spiro atoms. The molecule has 3 aromatic rings. The molecule has 0 saturated carbocycles. The number of nitrogens with one attached hydrogen (secondary N) is 2. The Hall–Kier alpha value is -3.62. The maximum absolute atomic E-state index is 12.1. The predicted molar refractivity (Wildman–Crippen MR) is 92.6 cm³/mol. The van der Waals surface area contributed by atoms with Crippen LogP contribution in [0.3, 0.4) is 0 Å². The second-order valence-corrected chi connectivity index (χ2v) is 5.31. The Balaban J connectivity index is 1.58. The van der Waals surface area contributed by atoms with Gasteiger partial charge in [0.1, 0.15) is 5.75 Å². The normalized spacial score (nSPS) is 11.5. The molecule has 0 atom stereocenters. The highest BCUT2D eigenvalue weighted by Crippen LogP contribution is 2.23. The third kappa shape index (κ3) is 5.43. The molecule has 0 aliphatic carbocycles. The maximum Gasteiger partial charge on any atom is 0.573 e. The standard InChI is InChI=1S/C18H13F3N4O2/c19-18(20,21)27-14-9-6-12(7-10-14)8-11-15(26)22-17-23-16(24-25-17)13-4-2-1-3-5-13/h1-11H,(H2,22,23,24,25,26)/b11-8+. The molecule has 0 bridgehead atoms. The van der Waals surface area contributed by atoms with E-state index in [0.717, 1.165) is 17.7 Å². The minimum Gasteiger partial charge on any atom is -0.406 e. The van der Waals surface area contributed by atoms with Gasteiger partial charge in [-0.15, -0.1) is 18.3 Å². The maximum atomic E-state index is 12.1. The summed E-state index contributed by atoms with van der Waals surface area (Å²) in [7, 11) is 0. The van der Waals surface area contributed by atoms with E-state index in [9.17, 15) is 18.0 Å². The van der Waals surface area contributed by atoms with E-state index in [2.05, 4.69) is 25.2 Å². The number of rotatable bonds is 5. The molecule has 1 aromatic heterocycles. The molecule has 9 heteroatoms. The number of ether oxygens (including phenoxy) is 1. The number of carbonyl (C=O) groups excluding carboxylic acids is 1. The van der Waals surface area contributed by atoms with Crippen molar-refractivity contribution < 1.29 is 22.7 Å². The van der Waals surface area contributed by atoms with E-state index in [1.807, 2.05) is 30.3 Å². The summed E-state index contributed by atoms with van der Waals surface area (Å²) in [6, 6.07) is 14.4. The summed E-state index contributed by atoms with van der Waals surface area (Å²) >= 11 is 0. The van der Waals surface area contributed by atoms with E-state index >= 15 is 0 Å². The number of carbonyl (C=O) groups is 1. The molecular weight excluding hydrogens is 361 g/mol. The summed E-state index contributed by atoms with van der Waals surface area (Å²) in [6.07, 6.45) is -2.08. The van der Waals surface area contributed by atoms with Gasteiger partial charge in [0.05, 0.1) is 0 Å². The molecule has 0 aliphatic rings. The van der Waals surface area contributed by atoms with Crippen molar-refractivity contribution in [3.8, 4) is 17.1 Å². The summed E-state index contributed by atoms with van der Waals surface area (Å²) in [4.78, 5) is 16.1. The third-order valence-electron chi connectivity index (χ3n) is 3.31. The minimum atomic E-state index is -4.74. The highest BCUT2D eigenvalue weighted by Gasteiger charge is 2.30.